The van der Waals surface area contributed by atoms with E-state index in [4.69, 9.17) is 5.11 Å². The molecule has 0 aliphatic carbocycles. The van der Waals surface area contributed by atoms with E-state index in [1.54, 1.807) is 28.6 Å². The first-order chi connectivity index (χ1) is 14.6. The van der Waals surface area contributed by atoms with Gasteiger partial charge in [-0.1, -0.05) is 45.4 Å². The van der Waals surface area contributed by atoms with Crippen molar-refractivity contribution in [3.05, 3.63) is 94.6 Å². The molecule has 0 radical (unpaired) electrons. The third-order valence-electron chi connectivity index (χ3n) is 4.59. The van der Waals surface area contributed by atoms with E-state index in [2.05, 4.69) is 38.4 Å². The number of hydrogen-bond donors (Lipinski definition) is 1. The van der Waals surface area contributed by atoms with Crippen LogP contribution in [-0.4, -0.2) is 31.8 Å². The van der Waals surface area contributed by atoms with Crippen molar-refractivity contribution >= 4 is 33.7 Å². The lowest BCUT2D eigenvalue weighted by atomic mass is 10.1. The molecule has 7 heteroatoms. The van der Waals surface area contributed by atoms with Gasteiger partial charge in [-0.2, -0.15) is 0 Å². The van der Waals surface area contributed by atoms with Crippen LogP contribution in [0.4, 0.5) is 0 Å². The number of halogens is 1. The van der Waals surface area contributed by atoms with Crippen LogP contribution in [0.1, 0.15) is 15.9 Å². The predicted molar refractivity (Wildman–Crippen MR) is 122 cm³/mol. The molecule has 0 fully saturated rings. The Morgan fingerprint density at radius 1 is 0.967 bits per heavy atom. The zero-order chi connectivity index (χ0) is 20.9. The van der Waals surface area contributed by atoms with E-state index in [1.165, 1.54) is 4.90 Å². The number of carboxylic acids is 1. The molecule has 1 aromatic heterocycles. The topological polar surface area (TPSA) is 68.0 Å². The van der Waals surface area contributed by atoms with Crippen molar-refractivity contribution in [2.24, 2.45) is 0 Å². The maximum Gasteiger partial charge on any atom is 0.335 e. The van der Waals surface area contributed by atoms with Gasteiger partial charge in [0.1, 0.15) is 5.69 Å². The summed E-state index contributed by atoms with van der Waals surface area (Å²) in [5.74, 6) is 0.0235. The van der Waals surface area contributed by atoms with Gasteiger partial charge >= 0.3 is 5.97 Å². The second kappa shape index (κ2) is 9.28. The van der Waals surface area contributed by atoms with Gasteiger partial charge in [0.2, 0.25) is 0 Å². The molecule has 0 amide bonds. The van der Waals surface area contributed by atoms with Crippen LogP contribution in [-0.2, 0) is 6.42 Å². The lowest BCUT2D eigenvalue weighted by Gasteiger charge is -2.05. The van der Waals surface area contributed by atoms with Crippen LogP contribution in [0, 0.1) is 0 Å². The standard InChI is InChI=1S/C23H18BrN3O2S/c24-19-7-5-17(6-8-19)22-15-27(26-25-22)20-9-11-21(12-10-20)30-14-13-16-1-3-18(4-2-16)23(28)29/h1-12,15H,13-14H2,(H,28,29). The summed E-state index contributed by atoms with van der Waals surface area (Å²) in [6.07, 6.45) is 2.80. The van der Waals surface area contributed by atoms with E-state index in [1.807, 2.05) is 54.7 Å². The summed E-state index contributed by atoms with van der Waals surface area (Å²) in [5, 5.41) is 17.5. The predicted octanol–water partition coefficient (Wildman–Crippen LogP) is 5.73. The Balaban J connectivity index is 1.35. The Morgan fingerprint density at radius 3 is 2.33 bits per heavy atom. The first-order valence-electron chi connectivity index (χ1n) is 9.32. The van der Waals surface area contributed by atoms with Crippen molar-refractivity contribution in [3.8, 4) is 16.9 Å². The van der Waals surface area contributed by atoms with E-state index >= 15 is 0 Å². The Labute approximate surface area is 186 Å². The summed E-state index contributed by atoms with van der Waals surface area (Å²) in [6.45, 7) is 0. The summed E-state index contributed by atoms with van der Waals surface area (Å²) >= 11 is 5.21. The Bertz CT molecular complexity index is 1140. The third kappa shape index (κ3) is 4.98. The van der Waals surface area contributed by atoms with E-state index in [0.717, 1.165) is 39.2 Å². The van der Waals surface area contributed by atoms with Crippen molar-refractivity contribution in [1.29, 1.82) is 0 Å². The van der Waals surface area contributed by atoms with Crippen molar-refractivity contribution in [2.45, 2.75) is 11.3 Å². The molecule has 4 aromatic rings. The van der Waals surface area contributed by atoms with Gasteiger partial charge in [0.25, 0.3) is 0 Å². The number of aryl methyl sites for hydroxylation is 1. The highest BCUT2D eigenvalue weighted by Gasteiger charge is 2.06. The first-order valence-corrected chi connectivity index (χ1v) is 11.1. The number of rotatable bonds is 7. The van der Waals surface area contributed by atoms with Crippen LogP contribution in [0.3, 0.4) is 0 Å². The van der Waals surface area contributed by atoms with E-state index in [-0.39, 0.29) is 0 Å². The second-order valence-electron chi connectivity index (χ2n) is 6.65. The summed E-state index contributed by atoms with van der Waals surface area (Å²) in [5.41, 5.74) is 4.26. The minimum Gasteiger partial charge on any atom is -0.478 e. The molecule has 150 valence electrons. The Hall–Kier alpha value is -2.90. The number of aromatic nitrogens is 3. The highest BCUT2D eigenvalue weighted by Crippen LogP contribution is 2.23. The van der Waals surface area contributed by atoms with Crippen molar-refractivity contribution in [2.75, 3.05) is 5.75 Å². The Kier molecular flexibility index (Phi) is 6.30. The SMILES string of the molecule is O=C(O)c1ccc(CCSc2ccc(-n3cc(-c4ccc(Br)cc4)nn3)cc2)cc1. The van der Waals surface area contributed by atoms with Crippen LogP contribution in [0.5, 0.6) is 0 Å². The molecule has 0 saturated heterocycles. The highest BCUT2D eigenvalue weighted by atomic mass is 79.9. The van der Waals surface area contributed by atoms with Gasteiger partial charge in [-0.3, -0.25) is 0 Å². The van der Waals surface area contributed by atoms with E-state index in [0.29, 0.717) is 5.56 Å². The second-order valence-corrected chi connectivity index (χ2v) is 8.73. The van der Waals surface area contributed by atoms with Gasteiger partial charge in [-0.05, 0) is 60.5 Å². The number of hydrogen-bond acceptors (Lipinski definition) is 4. The number of aromatic carboxylic acids is 1. The molecular weight excluding hydrogens is 462 g/mol. The minimum absolute atomic E-state index is 0.318. The fourth-order valence-corrected chi connectivity index (χ4v) is 4.11. The average Bonchev–Trinajstić information content (AvgIpc) is 3.25. The smallest absolute Gasteiger partial charge is 0.335 e. The normalized spacial score (nSPS) is 10.8. The van der Waals surface area contributed by atoms with Crippen LogP contribution in [0.15, 0.2) is 88.4 Å². The molecule has 30 heavy (non-hydrogen) atoms. The lowest BCUT2D eigenvalue weighted by Crippen LogP contribution is -1.96. The van der Waals surface area contributed by atoms with Gasteiger partial charge < -0.3 is 5.11 Å². The van der Waals surface area contributed by atoms with Gasteiger partial charge in [0, 0.05) is 20.7 Å². The number of nitrogens with zero attached hydrogens (tertiary/aromatic N) is 3. The largest absolute Gasteiger partial charge is 0.478 e. The fourth-order valence-electron chi connectivity index (χ4n) is 2.94. The maximum atomic E-state index is 10.9. The molecule has 0 unspecified atom stereocenters. The first kappa shape index (κ1) is 20.4. The van der Waals surface area contributed by atoms with Crippen LogP contribution < -0.4 is 0 Å². The molecule has 0 spiro atoms. The molecule has 5 nitrogen and oxygen atoms in total. The lowest BCUT2D eigenvalue weighted by molar-refractivity contribution is 0.0697. The summed E-state index contributed by atoms with van der Waals surface area (Å²) in [4.78, 5) is 12.1. The zero-order valence-electron chi connectivity index (χ0n) is 15.9. The molecular formula is C23H18BrN3O2S. The quantitative estimate of drug-likeness (QED) is 0.342. The molecule has 0 atom stereocenters. The number of carbonyl (C=O) groups is 1. The van der Waals surface area contributed by atoms with E-state index < -0.39 is 5.97 Å². The van der Waals surface area contributed by atoms with E-state index in [9.17, 15) is 4.79 Å². The molecule has 0 bridgehead atoms. The third-order valence-corrected chi connectivity index (χ3v) is 6.14. The molecule has 0 saturated carbocycles. The van der Waals surface area contributed by atoms with Crippen LogP contribution in [0.25, 0.3) is 16.9 Å². The monoisotopic (exact) mass is 479 g/mol. The fraction of sp³-hybridized carbons (Fsp3) is 0.0870. The molecule has 0 aliphatic heterocycles. The molecule has 1 N–H and O–H groups in total. The molecule has 4 rings (SSSR count). The van der Waals surface area contributed by atoms with Crippen molar-refractivity contribution in [3.63, 3.8) is 0 Å². The van der Waals surface area contributed by atoms with Crippen molar-refractivity contribution in [1.82, 2.24) is 15.0 Å². The molecule has 0 aliphatic rings. The summed E-state index contributed by atoms with van der Waals surface area (Å²) in [7, 11) is 0. The van der Waals surface area contributed by atoms with Crippen molar-refractivity contribution < 1.29 is 9.90 Å². The maximum absolute atomic E-state index is 10.9. The summed E-state index contributed by atoms with van der Waals surface area (Å²) in [6, 6.07) is 23.3. The number of carboxylic acid groups (broad SMARTS) is 1. The van der Waals surface area contributed by atoms with Gasteiger partial charge in [-0.25, -0.2) is 9.48 Å². The minimum atomic E-state index is -0.896. The van der Waals surface area contributed by atoms with Gasteiger partial charge in [0.05, 0.1) is 17.4 Å². The van der Waals surface area contributed by atoms with Gasteiger partial charge in [0.15, 0.2) is 0 Å². The zero-order valence-corrected chi connectivity index (χ0v) is 18.3. The summed E-state index contributed by atoms with van der Waals surface area (Å²) < 4.78 is 2.81. The number of benzene rings is 3. The van der Waals surface area contributed by atoms with Crippen LogP contribution in [0.2, 0.25) is 0 Å². The van der Waals surface area contributed by atoms with Crippen LogP contribution >= 0.6 is 27.7 Å². The number of thioether (sulfide) groups is 1. The molecule has 3 aromatic carbocycles. The molecule has 1 heterocycles. The Morgan fingerprint density at radius 2 is 1.67 bits per heavy atom. The van der Waals surface area contributed by atoms with Gasteiger partial charge in [-0.15, -0.1) is 16.9 Å². The highest BCUT2D eigenvalue weighted by molar-refractivity contribution is 9.10. The average molecular weight is 480 g/mol.